The van der Waals surface area contributed by atoms with E-state index in [1.165, 1.54) is 0 Å². The first-order valence-corrected chi connectivity index (χ1v) is 8.24. The van der Waals surface area contributed by atoms with Crippen LogP contribution >= 0.6 is 11.6 Å². The van der Waals surface area contributed by atoms with Crippen LogP contribution in [0.4, 0.5) is 4.39 Å². The average Bonchev–Trinajstić information content (AvgIpc) is 2.29. The van der Waals surface area contributed by atoms with Gasteiger partial charge in [-0.2, -0.15) is 0 Å². The molecule has 1 rings (SSSR count). The summed E-state index contributed by atoms with van der Waals surface area (Å²) in [6.45, 7) is 5.53. The summed E-state index contributed by atoms with van der Waals surface area (Å²) in [5.41, 5.74) is -1.00. The topological polar surface area (TPSA) is 89.3 Å². The zero-order valence-electron chi connectivity index (χ0n) is 12.0. The van der Waals surface area contributed by atoms with E-state index >= 15 is 0 Å². The van der Waals surface area contributed by atoms with Crippen LogP contribution in [0.25, 0.3) is 0 Å². The maximum Gasteiger partial charge on any atom is 0.254 e. The van der Waals surface area contributed by atoms with E-state index in [0.29, 0.717) is 6.42 Å². The third-order valence-corrected chi connectivity index (χ3v) is 4.01. The highest BCUT2D eigenvalue weighted by Crippen LogP contribution is 2.24. The molecule has 0 aliphatic heterocycles. The molecule has 0 spiro atoms. The van der Waals surface area contributed by atoms with Gasteiger partial charge < -0.3 is 5.32 Å². The molecular formula is C13H18ClFN2O3S. The van der Waals surface area contributed by atoms with Gasteiger partial charge in [0.25, 0.3) is 5.91 Å². The van der Waals surface area contributed by atoms with Crippen LogP contribution < -0.4 is 10.5 Å². The summed E-state index contributed by atoms with van der Waals surface area (Å²) >= 11 is 5.74. The molecule has 1 aromatic carbocycles. The molecule has 0 atom stereocenters. The maximum absolute atomic E-state index is 14.2. The highest BCUT2D eigenvalue weighted by Gasteiger charge is 2.26. The Bertz CT molecular complexity index is 660. The standard InChI is InChI=1S/C13H18ClFN2O3S/c1-4-5-13(2,3)17-12(18)9-6-8(14)7-10(11(9)15)21(16,19)20/h6-7H,4-5H2,1-3H3,(H,17,18)(H2,16,19,20). The van der Waals surface area contributed by atoms with Crippen LogP contribution in [-0.2, 0) is 10.0 Å². The molecule has 3 N–H and O–H groups in total. The molecule has 21 heavy (non-hydrogen) atoms. The number of benzene rings is 1. The van der Waals surface area contributed by atoms with Gasteiger partial charge in [-0.05, 0) is 32.4 Å². The van der Waals surface area contributed by atoms with Crippen molar-refractivity contribution in [1.82, 2.24) is 5.32 Å². The minimum absolute atomic E-state index is 0.0844. The van der Waals surface area contributed by atoms with Gasteiger partial charge in [-0.15, -0.1) is 0 Å². The number of nitrogens with two attached hydrogens (primary N) is 1. The van der Waals surface area contributed by atoms with E-state index in [9.17, 15) is 17.6 Å². The molecule has 0 saturated carbocycles. The smallest absolute Gasteiger partial charge is 0.254 e. The Hall–Kier alpha value is -1.18. The number of hydrogen-bond acceptors (Lipinski definition) is 3. The van der Waals surface area contributed by atoms with Crippen LogP contribution in [0.2, 0.25) is 5.02 Å². The molecule has 0 fully saturated rings. The van der Waals surface area contributed by atoms with Crippen molar-refractivity contribution in [2.45, 2.75) is 44.0 Å². The Morgan fingerprint density at radius 2 is 2.00 bits per heavy atom. The Morgan fingerprint density at radius 1 is 1.43 bits per heavy atom. The van der Waals surface area contributed by atoms with Gasteiger partial charge in [-0.1, -0.05) is 24.9 Å². The monoisotopic (exact) mass is 336 g/mol. The van der Waals surface area contributed by atoms with Crippen LogP contribution in [0.3, 0.4) is 0 Å². The Kier molecular flexibility index (Phi) is 5.35. The first-order chi connectivity index (χ1) is 9.48. The number of sulfonamides is 1. The number of carbonyl (C=O) groups is 1. The quantitative estimate of drug-likeness (QED) is 0.865. The van der Waals surface area contributed by atoms with E-state index in [2.05, 4.69) is 5.32 Å². The Labute approximate surface area is 128 Å². The molecule has 1 aromatic rings. The molecule has 5 nitrogen and oxygen atoms in total. The fraction of sp³-hybridized carbons (Fsp3) is 0.462. The zero-order valence-corrected chi connectivity index (χ0v) is 13.6. The number of nitrogens with one attached hydrogen (secondary N) is 1. The molecule has 0 heterocycles. The number of carbonyl (C=O) groups excluding carboxylic acids is 1. The lowest BCUT2D eigenvalue weighted by atomic mass is 9.98. The number of hydrogen-bond donors (Lipinski definition) is 2. The highest BCUT2D eigenvalue weighted by molar-refractivity contribution is 7.89. The lowest BCUT2D eigenvalue weighted by Crippen LogP contribution is -2.43. The van der Waals surface area contributed by atoms with Crippen molar-refractivity contribution in [2.24, 2.45) is 5.14 Å². The number of halogens is 2. The van der Waals surface area contributed by atoms with E-state index in [-0.39, 0.29) is 5.02 Å². The van der Waals surface area contributed by atoms with Crippen LogP contribution in [0.15, 0.2) is 17.0 Å². The molecular weight excluding hydrogens is 319 g/mol. The van der Waals surface area contributed by atoms with E-state index < -0.39 is 37.7 Å². The molecule has 0 saturated heterocycles. The summed E-state index contributed by atoms with van der Waals surface area (Å²) in [6.07, 6.45) is 1.51. The Morgan fingerprint density at radius 3 is 2.48 bits per heavy atom. The molecule has 118 valence electrons. The lowest BCUT2D eigenvalue weighted by molar-refractivity contribution is 0.0904. The predicted octanol–water partition coefficient (Wildman–Crippen LogP) is 2.44. The second-order valence-corrected chi connectivity index (χ2v) is 7.36. The second kappa shape index (κ2) is 6.29. The molecule has 0 unspecified atom stereocenters. The third kappa shape index (κ3) is 4.66. The molecule has 0 radical (unpaired) electrons. The van der Waals surface area contributed by atoms with Crippen molar-refractivity contribution in [3.8, 4) is 0 Å². The minimum atomic E-state index is -4.31. The van der Waals surface area contributed by atoms with E-state index in [1.54, 1.807) is 13.8 Å². The molecule has 0 aliphatic rings. The van der Waals surface area contributed by atoms with Crippen molar-refractivity contribution in [1.29, 1.82) is 0 Å². The van der Waals surface area contributed by atoms with Crippen LogP contribution in [-0.4, -0.2) is 19.9 Å². The summed E-state index contributed by atoms with van der Waals surface area (Å²) in [7, 11) is -4.31. The van der Waals surface area contributed by atoms with E-state index in [1.807, 2.05) is 6.92 Å². The van der Waals surface area contributed by atoms with Crippen molar-refractivity contribution in [3.05, 3.63) is 28.5 Å². The fourth-order valence-electron chi connectivity index (χ4n) is 2.00. The first-order valence-electron chi connectivity index (χ1n) is 6.32. The van der Waals surface area contributed by atoms with Gasteiger partial charge in [0.15, 0.2) is 5.82 Å². The van der Waals surface area contributed by atoms with Gasteiger partial charge in [-0.25, -0.2) is 17.9 Å². The third-order valence-electron chi connectivity index (χ3n) is 2.88. The Balaban J connectivity index is 3.26. The number of primary sulfonamides is 1. The average molecular weight is 337 g/mol. The van der Waals surface area contributed by atoms with Crippen molar-refractivity contribution >= 4 is 27.5 Å². The van der Waals surface area contributed by atoms with Gasteiger partial charge in [0.1, 0.15) is 4.90 Å². The predicted molar refractivity (Wildman–Crippen MR) is 79.2 cm³/mol. The van der Waals surface area contributed by atoms with Gasteiger partial charge >= 0.3 is 0 Å². The fourth-order valence-corrected chi connectivity index (χ4v) is 2.93. The van der Waals surface area contributed by atoms with Gasteiger partial charge in [0, 0.05) is 10.6 Å². The molecule has 1 amide bonds. The largest absolute Gasteiger partial charge is 0.347 e. The van der Waals surface area contributed by atoms with E-state index in [4.69, 9.17) is 16.7 Å². The minimum Gasteiger partial charge on any atom is -0.347 e. The van der Waals surface area contributed by atoms with Crippen LogP contribution in [0.5, 0.6) is 0 Å². The zero-order chi connectivity index (χ0) is 16.4. The maximum atomic E-state index is 14.2. The molecule has 0 bridgehead atoms. The molecule has 0 aromatic heterocycles. The summed E-state index contributed by atoms with van der Waals surface area (Å²) < 4.78 is 36.8. The molecule has 8 heteroatoms. The van der Waals surface area contributed by atoms with Crippen molar-refractivity contribution in [3.63, 3.8) is 0 Å². The summed E-state index contributed by atoms with van der Waals surface area (Å²) in [5, 5.41) is 7.47. The van der Waals surface area contributed by atoms with E-state index in [0.717, 1.165) is 18.6 Å². The number of amides is 1. The summed E-state index contributed by atoms with van der Waals surface area (Å²) in [6, 6.07) is 1.95. The SMILES string of the molecule is CCCC(C)(C)NC(=O)c1cc(Cl)cc(S(N)(=O)=O)c1F. The molecule has 0 aliphatic carbocycles. The first kappa shape index (κ1) is 17.9. The number of rotatable bonds is 5. The summed E-state index contributed by atoms with van der Waals surface area (Å²) in [4.78, 5) is 11.3. The summed E-state index contributed by atoms with van der Waals surface area (Å²) in [5.74, 6) is -1.94. The highest BCUT2D eigenvalue weighted by atomic mass is 35.5. The van der Waals surface area contributed by atoms with Gasteiger partial charge in [-0.3, -0.25) is 4.79 Å². The normalized spacial score (nSPS) is 12.3. The van der Waals surface area contributed by atoms with Crippen LogP contribution in [0.1, 0.15) is 44.0 Å². The van der Waals surface area contributed by atoms with Crippen LogP contribution in [0, 0.1) is 5.82 Å². The van der Waals surface area contributed by atoms with Gasteiger partial charge in [0.05, 0.1) is 5.56 Å². The van der Waals surface area contributed by atoms with Crippen molar-refractivity contribution < 1.29 is 17.6 Å². The van der Waals surface area contributed by atoms with Crippen molar-refractivity contribution in [2.75, 3.05) is 0 Å². The lowest BCUT2D eigenvalue weighted by Gasteiger charge is -2.26. The van der Waals surface area contributed by atoms with Gasteiger partial charge in [0.2, 0.25) is 10.0 Å². The second-order valence-electron chi connectivity index (χ2n) is 5.40.